The number of furan rings is 1. The number of aromatic nitrogens is 2. The molecule has 3 aromatic heterocycles. The highest BCUT2D eigenvalue weighted by Gasteiger charge is 2.41. The van der Waals surface area contributed by atoms with E-state index in [0.717, 1.165) is 66.4 Å². The molecule has 0 radical (unpaired) electrons. The lowest BCUT2D eigenvalue weighted by molar-refractivity contribution is 0.667. The first-order chi connectivity index (χ1) is 31.9. The molecule has 5 nitrogen and oxygen atoms in total. The van der Waals surface area contributed by atoms with Crippen molar-refractivity contribution in [2.45, 2.75) is 32.1 Å². The molecular formula is C60H44N4O. The summed E-state index contributed by atoms with van der Waals surface area (Å²) < 4.78 is 11.1. The third-order valence-corrected chi connectivity index (χ3v) is 14.2. The minimum Gasteiger partial charge on any atom is -0.455 e. The van der Waals surface area contributed by atoms with Crippen molar-refractivity contribution in [2.24, 2.45) is 10.7 Å². The molecule has 1 atom stereocenters. The van der Waals surface area contributed by atoms with Crippen LogP contribution in [0.15, 0.2) is 204 Å². The maximum Gasteiger partial charge on any atom is 0.205 e. The lowest BCUT2D eigenvalue weighted by Crippen LogP contribution is -2.22. The highest BCUT2D eigenvalue weighted by molar-refractivity contribution is 6.33. The van der Waals surface area contributed by atoms with Crippen LogP contribution in [0.2, 0.25) is 0 Å². The number of para-hydroxylation sites is 6. The van der Waals surface area contributed by atoms with E-state index >= 15 is 0 Å². The average Bonchev–Trinajstić information content (AvgIpc) is 4.07. The average molecular weight is 837 g/mol. The minimum absolute atomic E-state index is 0.0371. The Balaban J connectivity index is 1.02. The Bertz CT molecular complexity index is 3940. The molecule has 0 amide bonds. The topological polar surface area (TPSA) is 61.4 Å². The van der Waals surface area contributed by atoms with Crippen LogP contribution in [0.4, 0.5) is 5.69 Å². The molecule has 0 spiro atoms. The van der Waals surface area contributed by atoms with E-state index in [9.17, 15) is 0 Å². The van der Waals surface area contributed by atoms with Gasteiger partial charge in [-0.1, -0.05) is 178 Å². The number of nitrogens with two attached hydrogens (primary N) is 1. The van der Waals surface area contributed by atoms with Crippen LogP contribution in [0.1, 0.15) is 48.9 Å². The zero-order chi connectivity index (χ0) is 43.6. The first-order valence-corrected chi connectivity index (χ1v) is 22.5. The van der Waals surface area contributed by atoms with Gasteiger partial charge in [-0.05, 0) is 69.8 Å². The monoisotopic (exact) mass is 836 g/mol. The standard InChI is InChI=1S/C60H44N4O/c1-36(37-32-34-38(35-33-37)41-25-17-26-43-42-21-11-16-31-51(42)65-58(41)43)40-20-8-13-28-48(40)62-59(61)64-50-30-15-10-24-46(50)54-56-53(45-23-9-14-29-49(45)63(56)39-18-5-4-6-19-39)55-52(57(54)64)44-22-7-12-27-47(44)60(55,2)3/h4-36H,1-3H3,(H2,61,62). The van der Waals surface area contributed by atoms with Gasteiger partial charge in [0, 0.05) is 60.5 Å². The summed E-state index contributed by atoms with van der Waals surface area (Å²) in [6, 6.07) is 69.3. The van der Waals surface area contributed by atoms with E-state index in [1.165, 1.54) is 55.0 Å². The third kappa shape index (κ3) is 5.30. The van der Waals surface area contributed by atoms with Crippen molar-refractivity contribution in [3.05, 3.63) is 216 Å². The number of fused-ring (bicyclic) bond motifs is 15. The fourth-order valence-corrected chi connectivity index (χ4v) is 11.3. The Morgan fingerprint density at radius 2 is 1.20 bits per heavy atom. The summed E-state index contributed by atoms with van der Waals surface area (Å²) in [5.74, 6) is 0.464. The molecule has 5 heteroatoms. The number of aliphatic imine (C=N–C) groups is 1. The molecular weight excluding hydrogens is 793 g/mol. The van der Waals surface area contributed by atoms with Crippen molar-refractivity contribution in [3.63, 3.8) is 0 Å². The first kappa shape index (κ1) is 37.4. The van der Waals surface area contributed by atoms with Crippen LogP contribution in [0.5, 0.6) is 0 Å². The number of hydrogen-bond donors (Lipinski definition) is 1. The lowest BCUT2D eigenvalue weighted by Gasteiger charge is -2.23. The minimum atomic E-state index is -0.298. The van der Waals surface area contributed by atoms with E-state index in [2.05, 4.69) is 212 Å². The Hall–Kier alpha value is -8.15. The molecule has 0 fully saturated rings. The van der Waals surface area contributed by atoms with Crippen molar-refractivity contribution in [1.29, 1.82) is 0 Å². The number of benzene rings is 9. The van der Waals surface area contributed by atoms with Gasteiger partial charge >= 0.3 is 0 Å². The predicted molar refractivity (Wildman–Crippen MR) is 271 cm³/mol. The predicted octanol–water partition coefficient (Wildman–Crippen LogP) is 15.4. The van der Waals surface area contributed by atoms with Gasteiger partial charge in [0.25, 0.3) is 0 Å². The summed E-state index contributed by atoms with van der Waals surface area (Å²) in [6.45, 7) is 7.02. The van der Waals surface area contributed by atoms with Gasteiger partial charge in [0.2, 0.25) is 5.96 Å². The molecule has 1 aliphatic rings. The van der Waals surface area contributed by atoms with Crippen molar-refractivity contribution < 1.29 is 4.42 Å². The zero-order valence-electron chi connectivity index (χ0n) is 36.4. The molecule has 0 bridgehead atoms. The maximum atomic E-state index is 7.52. The van der Waals surface area contributed by atoms with Gasteiger partial charge in [0.05, 0.1) is 27.8 Å². The quantitative estimate of drug-likeness (QED) is 0.139. The van der Waals surface area contributed by atoms with Gasteiger partial charge in [0.1, 0.15) is 11.2 Å². The summed E-state index contributed by atoms with van der Waals surface area (Å²) in [4.78, 5) is 5.43. The molecule has 0 saturated carbocycles. The molecule has 0 aliphatic heterocycles. The molecule has 2 N–H and O–H groups in total. The van der Waals surface area contributed by atoms with Crippen LogP contribution in [0.25, 0.3) is 93.5 Å². The number of hydrogen-bond acceptors (Lipinski definition) is 2. The van der Waals surface area contributed by atoms with E-state index in [0.29, 0.717) is 5.96 Å². The smallest absolute Gasteiger partial charge is 0.205 e. The van der Waals surface area contributed by atoms with E-state index < -0.39 is 0 Å². The third-order valence-electron chi connectivity index (χ3n) is 14.2. The molecule has 1 aliphatic carbocycles. The van der Waals surface area contributed by atoms with Crippen molar-refractivity contribution in [2.75, 3.05) is 0 Å². The van der Waals surface area contributed by atoms with Crippen LogP contribution in [0.3, 0.4) is 0 Å². The Kier molecular flexibility index (Phi) is 8.01. The fourth-order valence-electron chi connectivity index (χ4n) is 11.3. The molecule has 12 aromatic rings. The normalized spacial score (nSPS) is 14.0. The summed E-state index contributed by atoms with van der Waals surface area (Å²) >= 11 is 0. The van der Waals surface area contributed by atoms with Crippen molar-refractivity contribution in [3.8, 4) is 27.9 Å². The fraction of sp³-hybridized carbons (Fsp3) is 0.0833. The molecule has 0 saturated heterocycles. The molecule has 3 heterocycles. The molecule has 13 rings (SSSR count). The second-order valence-corrected chi connectivity index (χ2v) is 18.1. The SMILES string of the molecule is CC(c1ccc(-c2cccc3c2oc2ccccc23)cc1)c1ccccc1N=C(N)n1c2ccccc2c2c1c1c(c3c4ccccc4n(-c4ccccc4)c32)C(C)(C)c2ccccc2-1. The van der Waals surface area contributed by atoms with Crippen molar-refractivity contribution in [1.82, 2.24) is 9.13 Å². The van der Waals surface area contributed by atoms with Crippen LogP contribution in [-0.2, 0) is 5.41 Å². The summed E-state index contributed by atoms with van der Waals surface area (Å²) in [6.07, 6.45) is 0. The number of nitrogens with zero attached hydrogens (tertiary/aromatic N) is 3. The van der Waals surface area contributed by atoms with Crippen LogP contribution >= 0.6 is 0 Å². The van der Waals surface area contributed by atoms with E-state index in [4.69, 9.17) is 15.1 Å². The Morgan fingerprint density at radius 3 is 2.02 bits per heavy atom. The Labute approximate surface area is 376 Å². The van der Waals surface area contributed by atoms with Crippen molar-refractivity contribution >= 4 is 77.2 Å². The molecule has 310 valence electrons. The number of rotatable bonds is 5. The molecule has 65 heavy (non-hydrogen) atoms. The van der Waals surface area contributed by atoms with Gasteiger partial charge < -0.3 is 14.7 Å². The van der Waals surface area contributed by atoms with Gasteiger partial charge in [-0.25, -0.2) is 4.99 Å². The molecule has 9 aromatic carbocycles. The second kappa shape index (κ2) is 13.9. The Morgan fingerprint density at radius 1 is 0.569 bits per heavy atom. The molecule has 1 unspecified atom stereocenters. The summed E-state index contributed by atoms with van der Waals surface area (Å²) in [5.41, 5.74) is 25.0. The van der Waals surface area contributed by atoms with E-state index in [1.54, 1.807) is 0 Å². The highest BCUT2D eigenvalue weighted by atomic mass is 16.3. The summed E-state index contributed by atoms with van der Waals surface area (Å²) in [5, 5.41) is 7.09. The summed E-state index contributed by atoms with van der Waals surface area (Å²) in [7, 11) is 0. The van der Waals surface area contributed by atoms with Gasteiger partial charge in [-0.3, -0.25) is 4.57 Å². The van der Waals surface area contributed by atoms with Gasteiger partial charge in [-0.2, -0.15) is 0 Å². The van der Waals surface area contributed by atoms with Gasteiger partial charge in [0.15, 0.2) is 0 Å². The zero-order valence-corrected chi connectivity index (χ0v) is 36.4. The van der Waals surface area contributed by atoms with Gasteiger partial charge in [-0.15, -0.1) is 0 Å². The maximum absolute atomic E-state index is 7.52. The lowest BCUT2D eigenvalue weighted by atomic mass is 9.80. The van der Waals surface area contributed by atoms with Crippen LogP contribution in [0, 0.1) is 0 Å². The first-order valence-electron chi connectivity index (χ1n) is 22.5. The largest absolute Gasteiger partial charge is 0.455 e. The van der Waals surface area contributed by atoms with Crippen LogP contribution < -0.4 is 5.73 Å². The van der Waals surface area contributed by atoms with E-state index in [-0.39, 0.29) is 11.3 Å². The highest BCUT2D eigenvalue weighted by Crippen LogP contribution is 2.58. The second-order valence-electron chi connectivity index (χ2n) is 18.1. The van der Waals surface area contributed by atoms with E-state index in [1.807, 2.05) is 12.1 Å². The van der Waals surface area contributed by atoms with Crippen LogP contribution in [-0.4, -0.2) is 15.1 Å².